The van der Waals surface area contributed by atoms with Crippen LogP contribution in [0.2, 0.25) is 0 Å². The van der Waals surface area contributed by atoms with Crippen LogP contribution in [0.3, 0.4) is 0 Å². The Morgan fingerprint density at radius 2 is 1.84 bits per heavy atom. The first-order valence-corrected chi connectivity index (χ1v) is 11.8. The Balaban J connectivity index is 1.33. The maximum atomic E-state index is 12.6. The van der Waals surface area contributed by atoms with Crippen LogP contribution in [-0.4, -0.2) is 36.0 Å². The lowest BCUT2D eigenvalue weighted by atomic mass is 9.85. The fourth-order valence-corrected chi connectivity index (χ4v) is 4.74. The third kappa shape index (κ3) is 5.44. The average Bonchev–Trinajstić information content (AvgIpc) is 2.77. The molecule has 0 aliphatic heterocycles. The van der Waals surface area contributed by atoms with Crippen molar-refractivity contribution in [3.05, 3.63) is 57.7 Å². The SMILES string of the molecule is CN(C)c1nc(NC2CCC(C(=O)NCc3cccc(I)c3)CC2)nc2ccccc12. The van der Waals surface area contributed by atoms with Crippen molar-refractivity contribution >= 4 is 51.2 Å². The summed E-state index contributed by atoms with van der Waals surface area (Å²) in [4.78, 5) is 24.1. The molecule has 31 heavy (non-hydrogen) atoms. The zero-order valence-electron chi connectivity index (χ0n) is 17.9. The van der Waals surface area contributed by atoms with Crippen LogP contribution < -0.4 is 15.5 Å². The van der Waals surface area contributed by atoms with Gasteiger partial charge in [-0.25, -0.2) is 4.98 Å². The molecule has 162 valence electrons. The number of benzene rings is 2. The standard InChI is InChI=1S/C24H28IN5O/c1-30(2)22-20-8-3-4-9-21(20)28-24(29-22)27-19-12-10-17(11-13-19)23(31)26-15-16-6-5-7-18(25)14-16/h3-9,14,17,19H,10-13,15H2,1-2H3,(H,26,31)(H,27,28,29). The number of fused-ring (bicyclic) bond motifs is 1. The van der Waals surface area contributed by atoms with Crippen molar-refractivity contribution in [2.24, 2.45) is 5.92 Å². The molecule has 0 unspecified atom stereocenters. The summed E-state index contributed by atoms with van der Waals surface area (Å²) < 4.78 is 1.18. The minimum atomic E-state index is 0.0793. The molecule has 0 saturated heterocycles. The lowest BCUT2D eigenvalue weighted by molar-refractivity contribution is -0.126. The molecule has 1 fully saturated rings. The first-order valence-electron chi connectivity index (χ1n) is 10.7. The number of para-hydroxylation sites is 1. The summed E-state index contributed by atoms with van der Waals surface area (Å²) in [6.45, 7) is 0.589. The fourth-order valence-electron chi connectivity index (χ4n) is 4.13. The van der Waals surface area contributed by atoms with E-state index >= 15 is 0 Å². The number of hydrogen-bond acceptors (Lipinski definition) is 5. The Bertz CT molecular complexity index is 1060. The van der Waals surface area contributed by atoms with Crippen LogP contribution >= 0.6 is 22.6 Å². The molecule has 1 aromatic heterocycles. The van der Waals surface area contributed by atoms with E-state index in [0.29, 0.717) is 12.5 Å². The van der Waals surface area contributed by atoms with Crippen molar-refractivity contribution in [2.45, 2.75) is 38.3 Å². The minimum absolute atomic E-state index is 0.0793. The Labute approximate surface area is 197 Å². The van der Waals surface area contributed by atoms with Gasteiger partial charge in [-0.1, -0.05) is 24.3 Å². The topological polar surface area (TPSA) is 70.2 Å². The smallest absolute Gasteiger partial charge is 0.225 e. The lowest BCUT2D eigenvalue weighted by Crippen LogP contribution is -2.35. The van der Waals surface area contributed by atoms with Gasteiger partial charge < -0.3 is 15.5 Å². The van der Waals surface area contributed by atoms with Gasteiger partial charge >= 0.3 is 0 Å². The van der Waals surface area contributed by atoms with E-state index in [1.165, 1.54) is 3.57 Å². The highest BCUT2D eigenvalue weighted by Gasteiger charge is 2.26. The second kappa shape index (κ2) is 9.80. The van der Waals surface area contributed by atoms with Gasteiger partial charge in [0.2, 0.25) is 11.9 Å². The number of carbonyl (C=O) groups excluding carboxylic acids is 1. The van der Waals surface area contributed by atoms with E-state index in [-0.39, 0.29) is 17.9 Å². The van der Waals surface area contributed by atoms with Crippen LogP contribution in [0.4, 0.5) is 11.8 Å². The normalized spacial score (nSPS) is 18.5. The molecule has 0 radical (unpaired) electrons. The zero-order chi connectivity index (χ0) is 21.8. The van der Waals surface area contributed by atoms with Crippen molar-refractivity contribution in [3.8, 4) is 0 Å². The molecule has 1 amide bonds. The van der Waals surface area contributed by atoms with E-state index < -0.39 is 0 Å². The van der Waals surface area contributed by atoms with Crippen molar-refractivity contribution in [3.63, 3.8) is 0 Å². The highest BCUT2D eigenvalue weighted by atomic mass is 127. The van der Waals surface area contributed by atoms with Gasteiger partial charge in [-0.05, 0) is 78.1 Å². The number of amides is 1. The number of nitrogens with one attached hydrogen (secondary N) is 2. The molecule has 2 aromatic carbocycles. The van der Waals surface area contributed by atoms with E-state index in [9.17, 15) is 4.79 Å². The van der Waals surface area contributed by atoms with Gasteiger partial charge in [0.25, 0.3) is 0 Å². The predicted octanol–water partition coefficient (Wildman–Crippen LogP) is 4.59. The summed E-state index contributed by atoms with van der Waals surface area (Å²) in [5.74, 6) is 1.82. The maximum absolute atomic E-state index is 12.6. The zero-order valence-corrected chi connectivity index (χ0v) is 20.1. The van der Waals surface area contributed by atoms with E-state index in [2.05, 4.69) is 57.5 Å². The van der Waals surface area contributed by atoms with Crippen molar-refractivity contribution < 1.29 is 4.79 Å². The Hall–Kier alpha value is -2.42. The van der Waals surface area contributed by atoms with E-state index in [0.717, 1.165) is 48.0 Å². The number of aromatic nitrogens is 2. The molecular formula is C24H28IN5O. The molecule has 7 heteroatoms. The summed E-state index contributed by atoms with van der Waals surface area (Å²) in [5, 5.41) is 7.67. The van der Waals surface area contributed by atoms with Crippen molar-refractivity contribution in [1.82, 2.24) is 15.3 Å². The summed E-state index contributed by atoms with van der Waals surface area (Å²) in [6.07, 6.45) is 3.64. The molecular weight excluding hydrogens is 501 g/mol. The van der Waals surface area contributed by atoms with Gasteiger partial charge in [0.1, 0.15) is 5.82 Å². The van der Waals surface area contributed by atoms with Gasteiger partial charge in [0.15, 0.2) is 0 Å². The Morgan fingerprint density at radius 3 is 2.58 bits per heavy atom. The fraction of sp³-hybridized carbons (Fsp3) is 0.375. The molecule has 1 aliphatic rings. The van der Waals surface area contributed by atoms with Crippen molar-refractivity contribution in [1.29, 1.82) is 0 Å². The van der Waals surface area contributed by atoms with Crippen LogP contribution in [0.15, 0.2) is 48.5 Å². The third-order valence-corrected chi connectivity index (χ3v) is 6.46. The molecule has 1 saturated carbocycles. The summed E-state index contributed by atoms with van der Waals surface area (Å²) in [6, 6.07) is 16.6. The third-order valence-electron chi connectivity index (χ3n) is 5.79. The maximum Gasteiger partial charge on any atom is 0.225 e. The predicted molar refractivity (Wildman–Crippen MR) is 134 cm³/mol. The molecule has 3 aromatic rings. The second-order valence-corrected chi connectivity index (χ2v) is 9.57. The van der Waals surface area contributed by atoms with Gasteiger partial charge in [-0.2, -0.15) is 4.98 Å². The number of nitrogens with zero attached hydrogens (tertiary/aromatic N) is 3. The highest BCUT2D eigenvalue weighted by molar-refractivity contribution is 14.1. The quantitative estimate of drug-likeness (QED) is 0.458. The highest BCUT2D eigenvalue weighted by Crippen LogP contribution is 2.28. The molecule has 0 spiro atoms. The van der Waals surface area contributed by atoms with Gasteiger partial charge in [0, 0.05) is 41.6 Å². The van der Waals surface area contributed by atoms with E-state index in [1.54, 1.807) is 0 Å². The lowest BCUT2D eigenvalue weighted by Gasteiger charge is -2.28. The molecule has 6 nitrogen and oxygen atoms in total. The number of anilines is 2. The van der Waals surface area contributed by atoms with Crippen LogP contribution in [0.1, 0.15) is 31.2 Å². The average molecular weight is 529 g/mol. The van der Waals surface area contributed by atoms with E-state index in [4.69, 9.17) is 9.97 Å². The largest absolute Gasteiger partial charge is 0.362 e. The molecule has 4 rings (SSSR count). The monoisotopic (exact) mass is 529 g/mol. The first kappa shape index (κ1) is 21.8. The van der Waals surface area contributed by atoms with Gasteiger partial charge in [-0.15, -0.1) is 0 Å². The summed E-state index contributed by atoms with van der Waals surface area (Å²) >= 11 is 2.29. The van der Waals surface area contributed by atoms with Crippen LogP contribution in [0, 0.1) is 9.49 Å². The van der Waals surface area contributed by atoms with Crippen LogP contribution in [-0.2, 0) is 11.3 Å². The molecule has 1 heterocycles. The molecule has 2 N–H and O–H groups in total. The van der Waals surface area contributed by atoms with Crippen molar-refractivity contribution in [2.75, 3.05) is 24.3 Å². The number of rotatable bonds is 6. The molecule has 0 atom stereocenters. The van der Waals surface area contributed by atoms with Gasteiger partial charge in [-0.3, -0.25) is 4.79 Å². The van der Waals surface area contributed by atoms with E-state index in [1.807, 2.05) is 43.3 Å². The first-order chi connectivity index (χ1) is 15.0. The van der Waals surface area contributed by atoms with Crippen LogP contribution in [0.5, 0.6) is 0 Å². The number of carbonyl (C=O) groups is 1. The van der Waals surface area contributed by atoms with Gasteiger partial charge in [0.05, 0.1) is 5.52 Å². The Kier molecular flexibility index (Phi) is 6.89. The summed E-state index contributed by atoms with van der Waals surface area (Å²) in [5.41, 5.74) is 2.08. The number of hydrogen-bond donors (Lipinski definition) is 2. The van der Waals surface area contributed by atoms with Crippen LogP contribution in [0.25, 0.3) is 10.9 Å². The number of halogens is 1. The minimum Gasteiger partial charge on any atom is -0.362 e. The second-order valence-electron chi connectivity index (χ2n) is 8.32. The Morgan fingerprint density at radius 1 is 1.06 bits per heavy atom. The summed E-state index contributed by atoms with van der Waals surface area (Å²) in [7, 11) is 4.00. The molecule has 1 aliphatic carbocycles. The molecule has 0 bridgehead atoms.